The zero-order valence-corrected chi connectivity index (χ0v) is 15.7. The molecule has 0 aliphatic carbocycles. The van der Waals surface area contributed by atoms with Crippen LogP contribution in [0.1, 0.15) is 6.92 Å². The number of carbonyl (C=O) groups is 2. The van der Waals surface area contributed by atoms with Gasteiger partial charge in [0.1, 0.15) is 11.2 Å². The molecule has 9 heteroatoms. The lowest BCUT2D eigenvalue weighted by Crippen LogP contribution is -2.29. The van der Waals surface area contributed by atoms with Crippen LogP contribution in [0.25, 0.3) is 10.2 Å². The summed E-state index contributed by atoms with van der Waals surface area (Å²) in [5, 5.41) is 7.69. The fraction of sp³-hybridized carbons (Fsp3) is 0.176. The number of thioether (sulfide) groups is 1. The first-order valence-electron chi connectivity index (χ1n) is 7.67. The van der Waals surface area contributed by atoms with E-state index in [0.29, 0.717) is 26.7 Å². The van der Waals surface area contributed by atoms with E-state index in [0.717, 1.165) is 0 Å². The highest BCUT2D eigenvalue weighted by Gasteiger charge is 2.14. The molecule has 0 radical (unpaired) electrons. The van der Waals surface area contributed by atoms with Gasteiger partial charge in [0.25, 0.3) is 5.56 Å². The Balaban J connectivity index is 1.82. The Morgan fingerprint density at radius 2 is 1.96 bits per heavy atom. The fourth-order valence-electron chi connectivity index (χ4n) is 2.44. The maximum absolute atomic E-state index is 12.6. The van der Waals surface area contributed by atoms with Crippen molar-refractivity contribution in [1.82, 2.24) is 9.55 Å². The molecule has 26 heavy (non-hydrogen) atoms. The number of anilines is 2. The van der Waals surface area contributed by atoms with Crippen molar-refractivity contribution in [3.05, 3.63) is 46.1 Å². The third kappa shape index (κ3) is 3.94. The molecule has 2 N–H and O–H groups in total. The Hall–Kier alpha value is -2.65. The highest BCUT2D eigenvalue weighted by molar-refractivity contribution is 7.98. The molecule has 3 aromatic rings. The minimum absolute atomic E-state index is 0.139. The van der Waals surface area contributed by atoms with Gasteiger partial charge in [-0.15, -0.1) is 11.3 Å². The molecule has 2 heterocycles. The number of rotatable bonds is 5. The Labute approximate surface area is 157 Å². The van der Waals surface area contributed by atoms with Crippen molar-refractivity contribution < 1.29 is 9.59 Å². The summed E-state index contributed by atoms with van der Waals surface area (Å²) >= 11 is 2.62. The largest absolute Gasteiger partial charge is 0.326 e. The Morgan fingerprint density at radius 1 is 1.23 bits per heavy atom. The molecule has 0 bridgehead atoms. The molecule has 0 fully saturated rings. The third-order valence-electron chi connectivity index (χ3n) is 3.48. The molecule has 0 atom stereocenters. The van der Waals surface area contributed by atoms with Crippen LogP contribution in [0.3, 0.4) is 0 Å². The molecule has 2 aromatic heterocycles. The van der Waals surface area contributed by atoms with Crippen LogP contribution in [-0.4, -0.2) is 27.6 Å². The van der Waals surface area contributed by atoms with E-state index in [1.165, 1.54) is 34.6 Å². The molecule has 2 amide bonds. The molecule has 0 aliphatic rings. The van der Waals surface area contributed by atoms with Crippen molar-refractivity contribution in [2.24, 2.45) is 0 Å². The third-order valence-corrected chi connectivity index (χ3v) is 5.05. The first-order chi connectivity index (χ1) is 12.5. The monoisotopic (exact) mass is 388 g/mol. The van der Waals surface area contributed by atoms with Crippen LogP contribution >= 0.6 is 23.1 Å². The van der Waals surface area contributed by atoms with Gasteiger partial charge in [-0.1, -0.05) is 17.8 Å². The smallest absolute Gasteiger partial charge is 0.272 e. The predicted molar refractivity (Wildman–Crippen MR) is 105 cm³/mol. The summed E-state index contributed by atoms with van der Waals surface area (Å²) in [5.41, 5.74) is 1.53. The average molecular weight is 388 g/mol. The van der Waals surface area contributed by atoms with Crippen LogP contribution in [0.2, 0.25) is 0 Å². The summed E-state index contributed by atoms with van der Waals surface area (Å²) in [7, 11) is 0. The van der Waals surface area contributed by atoms with E-state index in [1.807, 2.05) is 6.26 Å². The van der Waals surface area contributed by atoms with Crippen molar-refractivity contribution in [3.63, 3.8) is 0 Å². The Kier molecular flexibility index (Phi) is 5.38. The summed E-state index contributed by atoms with van der Waals surface area (Å²) in [4.78, 5) is 40.6. The Bertz CT molecular complexity index is 1040. The zero-order chi connectivity index (χ0) is 18.7. The van der Waals surface area contributed by atoms with E-state index >= 15 is 0 Å². The van der Waals surface area contributed by atoms with Gasteiger partial charge in [-0.05, 0) is 35.9 Å². The average Bonchev–Trinajstić information content (AvgIpc) is 3.05. The molecule has 3 rings (SSSR count). The number of benzene rings is 1. The molecule has 0 unspecified atom stereocenters. The SMILES string of the molecule is CSc1nc2ccsc2c(=O)n1CC(=O)Nc1cccc(NC(C)=O)c1. The molecule has 0 spiro atoms. The topological polar surface area (TPSA) is 93.1 Å². The van der Waals surface area contributed by atoms with E-state index in [4.69, 9.17) is 0 Å². The second kappa shape index (κ2) is 7.71. The van der Waals surface area contributed by atoms with E-state index in [9.17, 15) is 14.4 Å². The lowest BCUT2D eigenvalue weighted by molar-refractivity contribution is -0.117. The van der Waals surface area contributed by atoms with E-state index in [2.05, 4.69) is 15.6 Å². The fourth-order valence-corrected chi connectivity index (χ4v) is 3.78. The lowest BCUT2D eigenvalue weighted by Gasteiger charge is -2.11. The summed E-state index contributed by atoms with van der Waals surface area (Å²) in [6.45, 7) is 1.27. The number of fused-ring (bicyclic) bond motifs is 1. The van der Waals surface area contributed by atoms with E-state index in [1.54, 1.807) is 35.7 Å². The second-order valence-electron chi connectivity index (χ2n) is 5.43. The number of hydrogen-bond acceptors (Lipinski definition) is 6. The van der Waals surface area contributed by atoms with E-state index < -0.39 is 0 Å². The van der Waals surface area contributed by atoms with Crippen LogP contribution < -0.4 is 16.2 Å². The molecule has 1 aromatic carbocycles. The van der Waals surface area contributed by atoms with Gasteiger partial charge in [-0.25, -0.2) is 4.98 Å². The van der Waals surface area contributed by atoms with Crippen LogP contribution in [0.15, 0.2) is 45.7 Å². The lowest BCUT2D eigenvalue weighted by atomic mass is 10.2. The molecule has 0 saturated heterocycles. The number of hydrogen-bond donors (Lipinski definition) is 2. The van der Waals surface area contributed by atoms with Crippen molar-refractivity contribution in [2.75, 3.05) is 16.9 Å². The van der Waals surface area contributed by atoms with E-state index in [-0.39, 0.29) is 23.9 Å². The molecular weight excluding hydrogens is 372 g/mol. The summed E-state index contributed by atoms with van der Waals surface area (Å²) < 4.78 is 1.90. The number of thiophene rings is 1. The molecule has 0 saturated carbocycles. The van der Waals surface area contributed by atoms with Gasteiger partial charge < -0.3 is 10.6 Å². The van der Waals surface area contributed by atoms with Crippen LogP contribution in [0, 0.1) is 0 Å². The van der Waals surface area contributed by atoms with Crippen LogP contribution in [-0.2, 0) is 16.1 Å². The summed E-state index contributed by atoms with van der Waals surface area (Å²) in [5.74, 6) is -0.542. The number of aromatic nitrogens is 2. The standard InChI is InChI=1S/C17H16N4O3S2/c1-10(22)18-11-4-3-5-12(8-11)19-14(23)9-21-16(24)15-13(6-7-26-15)20-17(21)25-2/h3-8H,9H2,1-2H3,(H,18,22)(H,19,23). The van der Waals surface area contributed by atoms with Gasteiger partial charge in [-0.2, -0.15) is 0 Å². The molecule has 7 nitrogen and oxygen atoms in total. The van der Waals surface area contributed by atoms with Gasteiger partial charge in [-0.3, -0.25) is 19.0 Å². The van der Waals surface area contributed by atoms with Crippen LogP contribution in [0.4, 0.5) is 11.4 Å². The summed E-state index contributed by atoms with van der Waals surface area (Å²) in [6.07, 6.45) is 1.81. The zero-order valence-electron chi connectivity index (χ0n) is 14.1. The van der Waals surface area contributed by atoms with Gasteiger partial charge in [0.15, 0.2) is 5.16 Å². The Morgan fingerprint density at radius 3 is 2.65 bits per heavy atom. The maximum atomic E-state index is 12.6. The molecule has 0 aliphatic heterocycles. The minimum Gasteiger partial charge on any atom is -0.326 e. The van der Waals surface area contributed by atoms with Crippen molar-refractivity contribution >= 4 is 56.5 Å². The normalized spacial score (nSPS) is 10.7. The first kappa shape index (κ1) is 18.2. The number of carbonyl (C=O) groups excluding carboxylic acids is 2. The van der Waals surface area contributed by atoms with Gasteiger partial charge >= 0.3 is 0 Å². The van der Waals surface area contributed by atoms with Gasteiger partial charge in [0, 0.05) is 18.3 Å². The van der Waals surface area contributed by atoms with Crippen molar-refractivity contribution in [3.8, 4) is 0 Å². The maximum Gasteiger partial charge on any atom is 0.272 e. The second-order valence-corrected chi connectivity index (χ2v) is 7.12. The molecular formula is C17H16N4O3S2. The number of amides is 2. The first-order valence-corrected chi connectivity index (χ1v) is 9.78. The summed E-state index contributed by atoms with van der Waals surface area (Å²) in [6, 6.07) is 8.60. The quantitative estimate of drug-likeness (QED) is 0.518. The number of nitrogens with one attached hydrogen (secondary N) is 2. The predicted octanol–water partition coefficient (Wildman–Crippen LogP) is 2.78. The molecule has 134 valence electrons. The number of nitrogens with zero attached hydrogens (tertiary/aromatic N) is 2. The van der Waals surface area contributed by atoms with Crippen LogP contribution in [0.5, 0.6) is 0 Å². The highest BCUT2D eigenvalue weighted by atomic mass is 32.2. The highest BCUT2D eigenvalue weighted by Crippen LogP contribution is 2.19. The minimum atomic E-state index is -0.347. The van der Waals surface area contributed by atoms with Gasteiger partial charge in [0.05, 0.1) is 5.52 Å². The van der Waals surface area contributed by atoms with Crippen molar-refractivity contribution in [2.45, 2.75) is 18.6 Å². The van der Waals surface area contributed by atoms with Gasteiger partial charge in [0.2, 0.25) is 11.8 Å². The van der Waals surface area contributed by atoms with Crippen molar-refractivity contribution in [1.29, 1.82) is 0 Å².